The van der Waals surface area contributed by atoms with Crippen molar-refractivity contribution in [3.63, 3.8) is 0 Å². The molecule has 4 nitrogen and oxygen atoms in total. The lowest BCUT2D eigenvalue weighted by atomic mass is 10.1. The average molecular weight is 307 g/mol. The van der Waals surface area contributed by atoms with Gasteiger partial charge in [0.25, 0.3) is 5.91 Å². The van der Waals surface area contributed by atoms with E-state index in [1.807, 2.05) is 24.3 Å². The number of carboxylic acid groups (broad SMARTS) is 1. The highest BCUT2D eigenvalue weighted by atomic mass is 32.2. The fraction of sp³-hybridized carbons (Fsp3) is 0.500. The Balaban J connectivity index is 2.02. The molecule has 0 saturated heterocycles. The van der Waals surface area contributed by atoms with Crippen LogP contribution in [0.3, 0.4) is 0 Å². The van der Waals surface area contributed by atoms with Crippen LogP contribution < -0.4 is 5.32 Å². The third-order valence-electron chi connectivity index (χ3n) is 3.61. The molecule has 0 heterocycles. The Morgan fingerprint density at radius 3 is 2.62 bits per heavy atom. The molecule has 1 saturated carbocycles. The molecular weight excluding hydrogens is 286 g/mol. The SMILES string of the molecule is CC(C)Sc1ccccc1C(=O)N[C@H]1CC[C@@H](C(=O)O)C1. The molecule has 1 aromatic carbocycles. The van der Waals surface area contributed by atoms with Crippen molar-refractivity contribution >= 4 is 23.6 Å². The first-order valence-electron chi connectivity index (χ1n) is 7.26. The fourth-order valence-electron chi connectivity index (χ4n) is 2.61. The number of carbonyl (C=O) groups excluding carboxylic acids is 1. The van der Waals surface area contributed by atoms with E-state index in [0.717, 1.165) is 11.3 Å². The van der Waals surface area contributed by atoms with Crippen molar-refractivity contribution in [3.8, 4) is 0 Å². The number of nitrogens with one attached hydrogen (secondary N) is 1. The third kappa shape index (κ3) is 4.24. The van der Waals surface area contributed by atoms with Crippen molar-refractivity contribution in [1.29, 1.82) is 0 Å². The summed E-state index contributed by atoms with van der Waals surface area (Å²) in [6.07, 6.45) is 1.91. The van der Waals surface area contributed by atoms with Crippen LogP contribution in [0.1, 0.15) is 43.5 Å². The normalized spacial score (nSPS) is 21.5. The van der Waals surface area contributed by atoms with Crippen LogP contribution >= 0.6 is 11.8 Å². The minimum absolute atomic E-state index is 0.0318. The van der Waals surface area contributed by atoms with Crippen molar-refractivity contribution in [2.75, 3.05) is 0 Å². The maximum Gasteiger partial charge on any atom is 0.306 e. The largest absolute Gasteiger partial charge is 0.481 e. The smallest absolute Gasteiger partial charge is 0.306 e. The first kappa shape index (κ1) is 15.9. The summed E-state index contributed by atoms with van der Waals surface area (Å²) in [6.45, 7) is 4.18. The summed E-state index contributed by atoms with van der Waals surface area (Å²) in [6, 6.07) is 7.53. The molecule has 2 rings (SSSR count). The molecule has 1 amide bonds. The van der Waals surface area contributed by atoms with Gasteiger partial charge in [0.15, 0.2) is 0 Å². The summed E-state index contributed by atoms with van der Waals surface area (Å²) in [5, 5.41) is 12.4. The zero-order valence-corrected chi connectivity index (χ0v) is 13.2. The van der Waals surface area contributed by atoms with Gasteiger partial charge in [-0.2, -0.15) is 0 Å². The van der Waals surface area contributed by atoms with Gasteiger partial charge in [-0.15, -0.1) is 11.8 Å². The van der Waals surface area contributed by atoms with Crippen LogP contribution in [0, 0.1) is 5.92 Å². The number of rotatable bonds is 5. The van der Waals surface area contributed by atoms with Crippen molar-refractivity contribution < 1.29 is 14.7 Å². The summed E-state index contributed by atoms with van der Waals surface area (Å²) in [7, 11) is 0. The highest BCUT2D eigenvalue weighted by Crippen LogP contribution is 2.28. The lowest BCUT2D eigenvalue weighted by molar-refractivity contribution is -0.141. The Bertz CT molecular complexity index is 530. The standard InChI is InChI=1S/C16H21NO3S/c1-10(2)21-14-6-4-3-5-13(14)15(18)17-12-8-7-11(9-12)16(19)20/h3-6,10-12H,7-9H2,1-2H3,(H,17,18)(H,19,20)/t11-,12+/m1/s1. The van der Waals surface area contributed by atoms with E-state index in [2.05, 4.69) is 19.2 Å². The molecule has 1 aliphatic rings. The minimum Gasteiger partial charge on any atom is -0.481 e. The van der Waals surface area contributed by atoms with Crippen molar-refractivity contribution in [2.45, 2.75) is 49.3 Å². The summed E-state index contributed by atoms with van der Waals surface area (Å²) in [4.78, 5) is 24.3. The van der Waals surface area contributed by atoms with E-state index < -0.39 is 5.97 Å². The molecule has 0 aliphatic heterocycles. The topological polar surface area (TPSA) is 66.4 Å². The van der Waals surface area contributed by atoms with Crippen LogP contribution in [0.25, 0.3) is 0 Å². The summed E-state index contributed by atoms with van der Waals surface area (Å²) >= 11 is 1.66. The number of carbonyl (C=O) groups is 2. The molecule has 0 unspecified atom stereocenters. The number of hydrogen-bond acceptors (Lipinski definition) is 3. The van der Waals surface area contributed by atoms with Crippen molar-refractivity contribution in [1.82, 2.24) is 5.32 Å². The molecule has 1 aliphatic carbocycles. The van der Waals surface area contributed by atoms with Crippen LogP contribution in [0.4, 0.5) is 0 Å². The summed E-state index contributed by atoms with van der Waals surface area (Å²) in [5.41, 5.74) is 0.676. The zero-order chi connectivity index (χ0) is 15.4. The van der Waals surface area contributed by atoms with Crippen LogP contribution in [0.15, 0.2) is 29.2 Å². The lowest BCUT2D eigenvalue weighted by Crippen LogP contribution is -2.33. The number of amides is 1. The van der Waals surface area contributed by atoms with Gasteiger partial charge in [0, 0.05) is 16.2 Å². The van der Waals surface area contributed by atoms with Gasteiger partial charge in [0.1, 0.15) is 0 Å². The molecule has 1 fully saturated rings. The number of hydrogen-bond donors (Lipinski definition) is 2. The second-order valence-electron chi connectivity index (χ2n) is 5.68. The van der Waals surface area contributed by atoms with Gasteiger partial charge in [-0.1, -0.05) is 26.0 Å². The van der Waals surface area contributed by atoms with Gasteiger partial charge in [0.2, 0.25) is 0 Å². The van der Waals surface area contributed by atoms with Crippen LogP contribution in [0.5, 0.6) is 0 Å². The summed E-state index contributed by atoms with van der Waals surface area (Å²) < 4.78 is 0. The van der Waals surface area contributed by atoms with E-state index >= 15 is 0 Å². The highest BCUT2D eigenvalue weighted by Gasteiger charge is 2.30. The van der Waals surface area contributed by atoms with E-state index in [4.69, 9.17) is 5.11 Å². The average Bonchev–Trinajstić information content (AvgIpc) is 2.87. The van der Waals surface area contributed by atoms with Gasteiger partial charge in [-0.3, -0.25) is 9.59 Å². The number of carboxylic acids is 1. The number of benzene rings is 1. The van der Waals surface area contributed by atoms with Crippen LogP contribution in [-0.4, -0.2) is 28.3 Å². The third-order valence-corrected chi connectivity index (χ3v) is 4.69. The first-order valence-corrected chi connectivity index (χ1v) is 8.14. The van der Waals surface area contributed by atoms with Gasteiger partial charge in [-0.25, -0.2) is 0 Å². The quantitative estimate of drug-likeness (QED) is 0.820. The highest BCUT2D eigenvalue weighted by molar-refractivity contribution is 8.00. The molecule has 1 aromatic rings. The maximum atomic E-state index is 12.4. The van der Waals surface area contributed by atoms with E-state index in [1.165, 1.54) is 0 Å². The van der Waals surface area contributed by atoms with E-state index in [1.54, 1.807) is 11.8 Å². The second kappa shape index (κ2) is 6.98. The Labute approximate surface area is 129 Å². The molecule has 0 spiro atoms. The minimum atomic E-state index is -0.762. The zero-order valence-electron chi connectivity index (χ0n) is 12.3. The molecule has 0 radical (unpaired) electrons. The number of aliphatic carboxylic acids is 1. The fourth-order valence-corrected chi connectivity index (χ4v) is 3.56. The Kier molecular flexibility index (Phi) is 5.28. The second-order valence-corrected chi connectivity index (χ2v) is 7.30. The molecule has 0 aromatic heterocycles. The van der Waals surface area contributed by atoms with E-state index in [-0.39, 0.29) is 17.9 Å². The molecular formula is C16H21NO3S. The Morgan fingerprint density at radius 1 is 1.29 bits per heavy atom. The van der Waals surface area contributed by atoms with Crippen LogP contribution in [0.2, 0.25) is 0 Å². The van der Waals surface area contributed by atoms with Crippen molar-refractivity contribution in [2.24, 2.45) is 5.92 Å². The van der Waals surface area contributed by atoms with Gasteiger partial charge in [0.05, 0.1) is 11.5 Å². The van der Waals surface area contributed by atoms with Gasteiger partial charge in [-0.05, 0) is 31.4 Å². The predicted molar refractivity (Wildman–Crippen MR) is 83.7 cm³/mol. The lowest BCUT2D eigenvalue weighted by Gasteiger charge is -2.15. The Morgan fingerprint density at radius 2 is 2.00 bits per heavy atom. The molecule has 2 N–H and O–H groups in total. The van der Waals surface area contributed by atoms with E-state index in [0.29, 0.717) is 23.7 Å². The van der Waals surface area contributed by atoms with Crippen molar-refractivity contribution in [3.05, 3.63) is 29.8 Å². The molecule has 2 atom stereocenters. The predicted octanol–water partition coefficient (Wildman–Crippen LogP) is 3.17. The summed E-state index contributed by atoms with van der Waals surface area (Å²) in [5.74, 6) is -1.19. The monoisotopic (exact) mass is 307 g/mol. The number of thioether (sulfide) groups is 1. The molecule has 21 heavy (non-hydrogen) atoms. The molecule has 0 bridgehead atoms. The maximum absolute atomic E-state index is 12.4. The van der Waals surface area contributed by atoms with E-state index in [9.17, 15) is 9.59 Å². The first-order chi connectivity index (χ1) is 9.97. The van der Waals surface area contributed by atoms with Gasteiger partial charge < -0.3 is 10.4 Å². The molecule has 114 valence electrons. The van der Waals surface area contributed by atoms with Gasteiger partial charge >= 0.3 is 5.97 Å². The Hall–Kier alpha value is -1.49. The van der Waals surface area contributed by atoms with Crippen LogP contribution in [-0.2, 0) is 4.79 Å². The molecule has 5 heteroatoms.